The van der Waals surface area contributed by atoms with Crippen molar-refractivity contribution in [2.75, 3.05) is 25.0 Å². The summed E-state index contributed by atoms with van der Waals surface area (Å²) in [6.07, 6.45) is 6.02. The summed E-state index contributed by atoms with van der Waals surface area (Å²) in [6.45, 7) is 5.81. The van der Waals surface area contributed by atoms with E-state index < -0.39 is 0 Å². The van der Waals surface area contributed by atoms with Gasteiger partial charge < -0.3 is 10.4 Å². The molecule has 1 aromatic rings. The largest absolute Gasteiger partial charge is 0.396 e. The van der Waals surface area contributed by atoms with Crippen molar-refractivity contribution in [3.63, 3.8) is 0 Å². The number of anilines is 1. The van der Waals surface area contributed by atoms with Crippen LogP contribution in [0.3, 0.4) is 0 Å². The maximum absolute atomic E-state index is 12.6. The third-order valence-corrected chi connectivity index (χ3v) is 4.82. The maximum Gasteiger partial charge on any atom is 0.238 e. The molecule has 1 atom stereocenters. The Bertz CT molecular complexity index is 492. The number of benzene rings is 1. The van der Waals surface area contributed by atoms with Crippen molar-refractivity contribution in [2.24, 2.45) is 0 Å². The van der Waals surface area contributed by atoms with Crippen LogP contribution in [0.5, 0.6) is 0 Å². The topological polar surface area (TPSA) is 52.6 Å². The Kier molecular flexibility index (Phi) is 7.06. The highest BCUT2D eigenvalue weighted by Gasteiger charge is 2.24. The Labute approximate surface area is 139 Å². The Morgan fingerprint density at radius 1 is 1.26 bits per heavy atom. The summed E-state index contributed by atoms with van der Waals surface area (Å²) in [6, 6.07) is 6.58. The van der Waals surface area contributed by atoms with Crippen molar-refractivity contribution < 1.29 is 9.90 Å². The highest BCUT2D eigenvalue weighted by atomic mass is 16.3. The van der Waals surface area contributed by atoms with Crippen molar-refractivity contribution >= 4 is 11.6 Å². The van der Waals surface area contributed by atoms with E-state index in [-0.39, 0.29) is 12.5 Å². The fourth-order valence-corrected chi connectivity index (χ4v) is 3.51. The van der Waals surface area contributed by atoms with Gasteiger partial charge in [0.05, 0.1) is 6.54 Å². The molecule has 1 amide bonds. The molecule has 1 unspecified atom stereocenters. The van der Waals surface area contributed by atoms with Gasteiger partial charge in [0.1, 0.15) is 0 Å². The Balaban J connectivity index is 2.04. The Hall–Kier alpha value is -1.39. The third kappa shape index (κ3) is 4.79. The summed E-state index contributed by atoms with van der Waals surface area (Å²) >= 11 is 0. The van der Waals surface area contributed by atoms with Gasteiger partial charge in [-0.05, 0) is 49.8 Å². The van der Waals surface area contributed by atoms with Gasteiger partial charge >= 0.3 is 0 Å². The van der Waals surface area contributed by atoms with Crippen LogP contribution >= 0.6 is 0 Å². The number of para-hydroxylation sites is 1. The van der Waals surface area contributed by atoms with E-state index in [1.807, 2.05) is 0 Å². The number of aliphatic hydroxyl groups is 1. The minimum atomic E-state index is 0.0606. The number of carbonyl (C=O) groups excluding carboxylic acids is 1. The molecule has 2 rings (SSSR count). The molecule has 4 heteroatoms. The standard InChI is InChI=1S/C19H30N2O2/c1-3-15-8-7-9-16(4-2)19(15)20-18(23)14-21-12-6-5-10-17(21)11-13-22/h7-9,17,22H,3-6,10-14H2,1-2H3,(H,20,23). The molecule has 1 saturated heterocycles. The molecule has 1 aromatic carbocycles. The molecule has 0 spiro atoms. The second-order valence-corrected chi connectivity index (χ2v) is 6.34. The molecule has 0 aliphatic carbocycles. The first-order valence-corrected chi connectivity index (χ1v) is 8.95. The van der Waals surface area contributed by atoms with Gasteiger partial charge in [0.25, 0.3) is 0 Å². The number of amides is 1. The lowest BCUT2D eigenvalue weighted by Gasteiger charge is -2.35. The molecule has 23 heavy (non-hydrogen) atoms. The van der Waals surface area contributed by atoms with E-state index in [0.717, 1.165) is 44.3 Å². The number of rotatable bonds is 7. The van der Waals surface area contributed by atoms with Crippen LogP contribution in [-0.2, 0) is 17.6 Å². The van der Waals surface area contributed by atoms with Crippen LogP contribution in [-0.4, -0.2) is 41.7 Å². The zero-order valence-electron chi connectivity index (χ0n) is 14.5. The molecule has 0 bridgehead atoms. The van der Waals surface area contributed by atoms with Crippen molar-refractivity contribution in [1.82, 2.24) is 4.90 Å². The summed E-state index contributed by atoms with van der Waals surface area (Å²) in [5, 5.41) is 12.4. The molecular weight excluding hydrogens is 288 g/mol. The molecule has 0 aromatic heterocycles. The van der Waals surface area contributed by atoms with Crippen molar-refractivity contribution in [3.05, 3.63) is 29.3 Å². The van der Waals surface area contributed by atoms with E-state index in [1.54, 1.807) is 0 Å². The van der Waals surface area contributed by atoms with Gasteiger partial charge in [-0.25, -0.2) is 0 Å². The van der Waals surface area contributed by atoms with E-state index in [9.17, 15) is 9.90 Å². The molecule has 0 radical (unpaired) electrons. The lowest BCUT2D eigenvalue weighted by atomic mass is 9.99. The molecule has 4 nitrogen and oxygen atoms in total. The van der Waals surface area contributed by atoms with Crippen LogP contribution in [0, 0.1) is 0 Å². The van der Waals surface area contributed by atoms with E-state index in [4.69, 9.17) is 0 Å². The van der Waals surface area contributed by atoms with Crippen LogP contribution in [0.1, 0.15) is 50.7 Å². The SMILES string of the molecule is CCc1cccc(CC)c1NC(=O)CN1CCCCC1CCO. The number of nitrogens with one attached hydrogen (secondary N) is 1. The highest BCUT2D eigenvalue weighted by Crippen LogP contribution is 2.23. The van der Waals surface area contributed by atoms with Gasteiger partial charge in [-0.15, -0.1) is 0 Å². The van der Waals surface area contributed by atoms with Crippen LogP contribution in [0.25, 0.3) is 0 Å². The zero-order chi connectivity index (χ0) is 16.7. The lowest BCUT2D eigenvalue weighted by Crippen LogP contribution is -2.44. The number of carbonyl (C=O) groups is 1. The number of likely N-dealkylation sites (tertiary alicyclic amines) is 1. The predicted molar refractivity (Wildman–Crippen MR) is 94.7 cm³/mol. The summed E-state index contributed by atoms with van der Waals surface area (Å²) in [5.74, 6) is 0.0606. The first-order valence-electron chi connectivity index (χ1n) is 8.95. The highest BCUT2D eigenvalue weighted by molar-refractivity contribution is 5.93. The van der Waals surface area contributed by atoms with E-state index >= 15 is 0 Å². The average molecular weight is 318 g/mol. The maximum atomic E-state index is 12.6. The first-order chi connectivity index (χ1) is 11.2. The molecular formula is C19H30N2O2. The second kappa shape index (κ2) is 9.04. The van der Waals surface area contributed by atoms with Crippen LogP contribution < -0.4 is 5.32 Å². The molecule has 1 aliphatic heterocycles. The average Bonchev–Trinajstić information content (AvgIpc) is 2.57. The third-order valence-electron chi connectivity index (χ3n) is 4.82. The van der Waals surface area contributed by atoms with Crippen molar-refractivity contribution in [1.29, 1.82) is 0 Å². The van der Waals surface area contributed by atoms with E-state index in [0.29, 0.717) is 12.6 Å². The van der Waals surface area contributed by atoms with Gasteiger partial charge in [0.2, 0.25) is 5.91 Å². The fraction of sp³-hybridized carbons (Fsp3) is 0.632. The lowest BCUT2D eigenvalue weighted by molar-refractivity contribution is -0.118. The Morgan fingerprint density at radius 2 is 1.96 bits per heavy atom. The molecule has 0 saturated carbocycles. The minimum Gasteiger partial charge on any atom is -0.396 e. The van der Waals surface area contributed by atoms with Gasteiger partial charge in [-0.2, -0.15) is 0 Å². The first kappa shape index (κ1) is 18.0. The smallest absolute Gasteiger partial charge is 0.238 e. The molecule has 2 N–H and O–H groups in total. The van der Waals surface area contributed by atoms with Gasteiger partial charge in [0.15, 0.2) is 0 Å². The second-order valence-electron chi connectivity index (χ2n) is 6.34. The molecule has 128 valence electrons. The summed E-state index contributed by atoms with van der Waals surface area (Å²) < 4.78 is 0. The monoisotopic (exact) mass is 318 g/mol. The number of hydrogen-bond acceptors (Lipinski definition) is 3. The fourth-order valence-electron chi connectivity index (χ4n) is 3.51. The van der Waals surface area contributed by atoms with Crippen LogP contribution in [0.4, 0.5) is 5.69 Å². The number of hydrogen-bond donors (Lipinski definition) is 2. The number of piperidine rings is 1. The van der Waals surface area contributed by atoms with E-state index in [2.05, 4.69) is 42.3 Å². The Morgan fingerprint density at radius 3 is 2.57 bits per heavy atom. The van der Waals surface area contributed by atoms with Crippen molar-refractivity contribution in [2.45, 2.75) is 58.4 Å². The molecule has 1 heterocycles. The molecule has 1 aliphatic rings. The predicted octanol–water partition coefficient (Wildman–Crippen LogP) is 2.99. The van der Waals surface area contributed by atoms with Gasteiger partial charge in [0, 0.05) is 18.3 Å². The van der Waals surface area contributed by atoms with Crippen LogP contribution in [0.2, 0.25) is 0 Å². The number of nitrogens with zero attached hydrogens (tertiary/aromatic N) is 1. The zero-order valence-corrected chi connectivity index (χ0v) is 14.5. The number of aryl methyl sites for hydroxylation is 2. The summed E-state index contributed by atoms with van der Waals surface area (Å²) in [7, 11) is 0. The quantitative estimate of drug-likeness (QED) is 0.812. The van der Waals surface area contributed by atoms with E-state index in [1.165, 1.54) is 17.5 Å². The summed E-state index contributed by atoms with van der Waals surface area (Å²) in [4.78, 5) is 14.8. The summed E-state index contributed by atoms with van der Waals surface area (Å²) in [5.41, 5.74) is 3.39. The number of aliphatic hydroxyl groups excluding tert-OH is 1. The van der Waals surface area contributed by atoms with Crippen molar-refractivity contribution in [3.8, 4) is 0 Å². The minimum absolute atomic E-state index is 0.0606. The van der Waals surface area contributed by atoms with Gasteiger partial charge in [-0.3, -0.25) is 9.69 Å². The van der Waals surface area contributed by atoms with Crippen LogP contribution in [0.15, 0.2) is 18.2 Å². The normalized spacial score (nSPS) is 18.8. The van der Waals surface area contributed by atoms with Gasteiger partial charge in [-0.1, -0.05) is 38.5 Å². The molecule has 1 fully saturated rings.